The van der Waals surface area contributed by atoms with Crippen molar-refractivity contribution in [2.75, 3.05) is 26.0 Å². The van der Waals surface area contributed by atoms with E-state index in [1.807, 2.05) is 0 Å². The quantitative estimate of drug-likeness (QED) is 0.803. The number of fused-ring (bicyclic) bond motifs is 1. The molecule has 3 heterocycles. The molecule has 0 saturated carbocycles. The molecule has 1 fully saturated rings. The molecule has 2 aliphatic heterocycles. The van der Waals surface area contributed by atoms with Crippen molar-refractivity contribution in [2.45, 2.75) is 18.6 Å². The van der Waals surface area contributed by atoms with Crippen molar-refractivity contribution in [1.29, 1.82) is 0 Å². The first-order chi connectivity index (χ1) is 11.9. The molecule has 0 aliphatic carbocycles. The lowest BCUT2D eigenvalue weighted by molar-refractivity contribution is -0.0184. The standard InChI is InChI=1S/C15H16FN3O5S/c1-25(20,21)19-5-6-22-12(8-19)15-18-17-14(24-15)11-7-9-3-2-4-10(16)13(9)23-11/h2-4,11-12H,5-8H2,1H3. The molecular formula is C15H16FN3O5S. The summed E-state index contributed by atoms with van der Waals surface area (Å²) >= 11 is 0. The average Bonchev–Trinajstić information content (AvgIpc) is 3.21. The molecule has 2 unspecified atom stereocenters. The van der Waals surface area contributed by atoms with E-state index in [0.29, 0.717) is 6.42 Å². The van der Waals surface area contributed by atoms with Crippen LogP contribution in [0.5, 0.6) is 5.75 Å². The van der Waals surface area contributed by atoms with E-state index in [2.05, 4.69) is 10.2 Å². The fraction of sp³-hybridized carbons (Fsp3) is 0.467. The highest BCUT2D eigenvalue weighted by Crippen LogP contribution is 2.38. The Morgan fingerprint density at radius 3 is 2.72 bits per heavy atom. The van der Waals surface area contributed by atoms with Gasteiger partial charge in [-0.05, 0) is 6.07 Å². The second-order valence-electron chi connectivity index (χ2n) is 6.00. The van der Waals surface area contributed by atoms with Crippen molar-refractivity contribution in [3.63, 3.8) is 0 Å². The van der Waals surface area contributed by atoms with Crippen molar-refractivity contribution < 1.29 is 26.7 Å². The van der Waals surface area contributed by atoms with Crippen LogP contribution in [0.1, 0.15) is 29.6 Å². The third-order valence-electron chi connectivity index (χ3n) is 4.22. The zero-order valence-electron chi connectivity index (χ0n) is 13.4. The number of hydrogen-bond donors (Lipinski definition) is 0. The van der Waals surface area contributed by atoms with Gasteiger partial charge in [-0.25, -0.2) is 12.8 Å². The summed E-state index contributed by atoms with van der Waals surface area (Å²) in [6, 6.07) is 4.73. The van der Waals surface area contributed by atoms with Gasteiger partial charge in [0.25, 0.3) is 5.89 Å². The minimum Gasteiger partial charge on any atom is -0.477 e. The Bertz CT molecular complexity index is 900. The van der Waals surface area contributed by atoms with Crippen LogP contribution < -0.4 is 4.74 Å². The van der Waals surface area contributed by atoms with Gasteiger partial charge in [0.15, 0.2) is 17.7 Å². The number of morpholine rings is 1. The number of para-hydroxylation sites is 1. The molecule has 2 atom stereocenters. The molecule has 0 spiro atoms. The minimum atomic E-state index is -3.32. The van der Waals surface area contributed by atoms with Crippen LogP contribution in [0.2, 0.25) is 0 Å². The number of benzene rings is 1. The molecule has 0 radical (unpaired) electrons. The van der Waals surface area contributed by atoms with Gasteiger partial charge in [-0.2, -0.15) is 4.31 Å². The lowest BCUT2D eigenvalue weighted by atomic mass is 10.1. The monoisotopic (exact) mass is 369 g/mol. The van der Waals surface area contributed by atoms with E-state index in [-0.39, 0.29) is 37.2 Å². The highest BCUT2D eigenvalue weighted by Gasteiger charge is 2.34. The van der Waals surface area contributed by atoms with Gasteiger partial charge < -0.3 is 13.9 Å². The van der Waals surface area contributed by atoms with Crippen molar-refractivity contribution in [3.8, 4) is 5.75 Å². The summed E-state index contributed by atoms with van der Waals surface area (Å²) in [5.41, 5.74) is 0.738. The first-order valence-electron chi connectivity index (χ1n) is 7.76. The van der Waals surface area contributed by atoms with E-state index >= 15 is 0 Å². The number of rotatable bonds is 3. The fourth-order valence-corrected chi connectivity index (χ4v) is 3.76. The topological polar surface area (TPSA) is 94.8 Å². The van der Waals surface area contributed by atoms with E-state index in [9.17, 15) is 12.8 Å². The SMILES string of the molecule is CS(=O)(=O)N1CCOC(c2nnc(C3Cc4cccc(F)c4O3)o2)C1. The number of hydrogen-bond acceptors (Lipinski definition) is 7. The predicted octanol–water partition coefficient (Wildman–Crippen LogP) is 1.22. The molecule has 0 amide bonds. The van der Waals surface area contributed by atoms with Gasteiger partial charge in [0, 0.05) is 25.1 Å². The summed E-state index contributed by atoms with van der Waals surface area (Å²) in [6.07, 6.45) is 0.371. The highest BCUT2D eigenvalue weighted by molar-refractivity contribution is 7.88. The predicted molar refractivity (Wildman–Crippen MR) is 82.9 cm³/mol. The molecule has 1 aromatic carbocycles. The van der Waals surface area contributed by atoms with Crippen molar-refractivity contribution >= 4 is 10.0 Å². The van der Waals surface area contributed by atoms with Crippen LogP contribution in [0.15, 0.2) is 22.6 Å². The van der Waals surface area contributed by atoms with Crippen LogP contribution in [0, 0.1) is 5.82 Å². The maximum absolute atomic E-state index is 13.8. The Balaban J connectivity index is 1.51. The van der Waals surface area contributed by atoms with Crippen LogP contribution in [-0.4, -0.2) is 48.9 Å². The molecule has 0 N–H and O–H groups in total. The van der Waals surface area contributed by atoms with Crippen LogP contribution in [-0.2, 0) is 21.2 Å². The van der Waals surface area contributed by atoms with Crippen molar-refractivity contribution in [3.05, 3.63) is 41.4 Å². The minimum absolute atomic E-state index is 0.112. The fourth-order valence-electron chi connectivity index (χ4n) is 2.95. The third kappa shape index (κ3) is 3.12. The van der Waals surface area contributed by atoms with Crippen LogP contribution in [0.25, 0.3) is 0 Å². The highest BCUT2D eigenvalue weighted by atomic mass is 32.2. The van der Waals surface area contributed by atoms with Crippen molar-refractivity contribution in [1.82, 2.24) is 14.5 Å². The van der Waals surface area contributed by atoms with Gasteiger partial charge in [-0.15, -0.1) is 10.2 Å². The second-order valence-corrected chi connectivity index (χ2v) is 7.98. The smallest absolute Gasteiger partial charge is 0.257 e. The zero-order valence-corrected chi connectivity index (χ0v) is 14.2. The van der Waals surface area contributed by atoms with E-state index in [0.717, 1.165) is 11.8 Å². The van der Waals surface area contributed by atoms with Gasteiger partial charge in [0.05, 0.1) is 12.9 Å². The molecule has 25 heavy (non-hydrogen) atoms. The zero-order chi connectivity index (χ0) is 17.6. The van der Waals surface area contributed by atoms with E-state index < -0.39 is 28.0 Å². The van der Waals surface area contributed by atoms with Gasteiger partial charge in [0.2, 0.25) is 15.9 Å². The summed E-state index contributed by atoms with van der Waals surface area (Å²) in [5.74, 6) is 0.164. The third-order valence-corrected chi connectivity index (χ3v) is 5.49. The summed E-state index contributed by atoms with van der Waals surface area (Å²) in [7, 11) is -3.32. The number of ether oxygens (including phenoxy) is 2. The van der Waals surface area contributed by atoms with E-state index in [1.54, 1.807) is 12.1 Å². The largest absolute Gasteiger partial charge is 0.477 e. The molecule has 8 nitrogen and oxygen atoms in total. The van der Waals surface area contributed by atoms with Gasteiger partial charge in [-0.3, -0.25) is 0 Å². The molecule has 2 aliphatic rings. The first-order valence-corrected chi connectivity index (χ1v) is 9.60. The maximum Gasteiger partial charge on any atom is 0.257 e. The maximum atomic E-state index is 13.8. The Labute approximate surface area is 143 Å². The Morgan fingerprint density at radius 1 is 1.24 bits per heavy atom. The Morgan fingerprint density at radius 2 is 2.00 bits per heavy atom. The number of halogens is 1. The summed E-state index contributed by atoms with van der Waals surface area (Å²) < 4.78 is 55.2. The molecule has 2 aromatic rings. The van der Waals surface area contributed by atoms with Crippen LogP contribution in [0.3, 0.4) is 0 Å². The summed E-state index contributed by atoms with van der Waals surface area (Å²) in [6.45, 7) is 0.642. The Kier molecular flexibility index (Phi) is 3.97. The van der Waals surface area contributed by atoms with E-state index in [4.69, 9.17) is 13.9 Å². The number of sulfonamides is 1. The lowest BCUT2D eigenvalue weighted by Gasteiger charge is -2.29. The van der Waals surface area contributed by atoms with Crippen LogP contribution in [0.4, 0.5) is 4.39 Å². The average molecular weight is 369 g/mol. The summed E-state index contributed by atoms with van der Waals surface area (Å²) in [5, 5.41) is 7.91. The van der Waals surface area contributed by atoms with Gasteiger partial charge in [-0.1, -0.05) is 12.1 Å². The normalized spacial score (nSPS) is 24.1. The number of nitrogens with zero attached hydrogens (tertiary/aromatic N) is 3. The molecule has 4 rings (SSSR count). The number of aromatic nitrogens is 2. The summed E-state index contributed by atoms with van der Waals surface area (Å²) in [4.78, 5) is 0. The first kappa shape index (κ1) is 16.4. The lowest BCUT2D eigenvalue weighted by Crippen LogP contribution is -2.41. The second kappa shape index (κ2) is 6.04. The van der Waals surface area contributed by atoms with Crippen LogP contribution >= 0.6 is 0 Å². The molecule has 0 bridgehead atoms. The van der Waals surface area contributed by atoms with Gasteiger partial charge >= 0.3 is 0 Å². The molecule has 1 aromatic heterocycles. The van der Waals surface area contributed by atoms with Gasteiger partial charge in [0.1, 0.15) is 6.10 Å². The Hall–Kier alpha value is -2.04. The molecule has 10 heteroatoms. The van der Waals surface area contributed by atoms with Crippen molar-refractivity contribution in [2.24, 2.45) is 0 Å². The molecule has 1 saturated heterocycles. The molecule has 134 valence electrons. The van der Waals surface area contributed by atoms with E-state index in [1.165, 1.54) is 10.4 Å². The molecular weight excluding hydrogens is 353 g/mol.